The van der Waals surface area contributed by atoms with Crippen molar-refractivity contribution in [3.05, 3.63) is 68.7 Å². The van der Waals surface area contributed by atoms with E-state index in [-0.39, 0.29) is 11.6 Å². The minimum atomic E-state index is -4.65. The number of nitro benzene ring substituents is 1. The number of carbonyl (C=O) groups is 1. The van der Waals surface area contributed by atoms with Crippen LogP contribution in [-0.2, 0) is 17.4 Å². The number of carbonyl (C=O) groups excluding carboxylic acids is 1. The fourth-order valence-corrected chi connectivity index (χ4v) is 3.69. The van der Waals surface area contributed by atoms with Crippen molar-refractivity contribution < 1.29 is 22.9 Å². The molecular formula is C21H21ClF3N3O3. The molecule has 6 nitrogen and oxygen atoms in total. The molecule has 0 bridgehead atoms. The van der Waals surface area contributed by atoms with Crippen molar-refractivity contribution in [3.63, 3.8) is 0 Å². The van der Waals surface area contributed by atoms with Crippen LogP contribution in [0.15, 0.2) is 42.5 Å². The molecule has 2 aromatic rings. The molecule has 31 heavy (non-hydrogen) atoms. The van der Waals surface area contributed by atoms with Crippen molar-refractivity contribution in [1.82, 2.24) is 4.90 Å². The first-order valence-corrected chi connectivity index (χ1v) is 10.2. The normalized spacial score (nSPS) is 14.6. The Morgan fingerprint density at radius 2 is 1.71 bits per heavy atom. The van der Waals surface area contributed by atoms with Crippen LogP contribution in [0, 0.1) is 10.1 Å². The SMILES string of the molecule is O=C(CCCc1ccc(Cl)cc1)N1CCN(c2ccc(C(F)(F)F)cc2[N+](=O)[O-])CC1. The number of anilines is 1. The van der Waals surface area contributed by atoms with Gasteiger partial charge in [-0.05, 0) is 42.7 Å². The summed E-state index contributed by atoms with van der Waals surface area (Å²) in [5, 5.41) is 12.0. The van der Waals surface area contributed by atoms with Crippen LogP contribution in [0.25, 0.3) is 0 Å². The second-order valence-electron chi connectivity index (χ2n) is 7.31. The lowest BCUT2D eigenvalue weighted by Gasteiger charge is -2.36. The second kappa shape index (κ2) is 9.55. The number of rotatable bonds is 6. The van der Waals surface area contributed by atoms with Gasteiger partial charge in [-0.2, -0.15) is 13.2 Å². The summed E-state index contributed by atoms with van der Waals surface area (Å²) in [4.78, 5) is 26.3. The highest BCUT2D eigenvalue weighted by molar-refractivity contribution is 6.30. The van der Waals surface area contributed by atoms with Crippen LogP contribution in [0.5, 0.6) is 0 Å². The molecule has 0 aromatic heterocycles. The van der Waals surface area contributed by atoms with Gasteiger partial charge in [0.25, 0.3) is 5.69 Å². The molecule has 0 unspecified atom stereocenters. The van der Waals surface area contributed by atoms with Gasteiger partial charge in [0.1, 0.15) is 5.69 Å². The summed E-state index contributed by atoms with van der Waals surface area (Å²) >= 11 is 5.86. The number of hydrogen-bond donors (Lipinski definition) is 0. The molecule has 1 saturated heterocycles. The van der Waals surface area contributed by atoms with Crippen molar-refractivity contribution in [2.45, 2.75) is 25.4 Å². The standard InChI is InChI=1S/C21H21ClF3N3O3/c22-17-7-4-15(5-8-17)2-1-3-20(29)27-12-10-26(11-13-27)18-9-6-16(21(23,24)25)14-19(18)28(30)31/h4-9,14H,1-3,10-13H2. The third kappa shape index (κ3) is 5.88. The summed E-state index contributed by atoms with van der Waals surface area (Å²) in [5.41, 5.74) is -0.417. The fraction of sp³-hybridized carbons (Fsp3) is 0.381. The predicted molar refractivity (Wildman–Crippen MR) is 111 cm³/mol. The number of aryl methyl sites for hydroxylation is 1. The van der Waals surface area contributed by atoms with E-state index in [0.717, 1.165) is 24.1 Å². The largest absolute Gasteiger partial charge is 0.416 e. The van der Waals surface area contributed by atoms with E-state index >= 15 is 0 Å². The highest BCUT2D eigenvalue weighted by Crippen LogP contribution is 2.36. The average molecular weight is 456 g/mol. The Kier molecular flexibility index (Phi) is 7.04. The smallest absolute Gasteiger partial charge is 0.362 e. The lowest BCUT2D eigenvalue weighted by Crippen LogP contribution is -2.48. The van der Waals surface area contributed by atoms with Crippen LogP contribution in [0.2, 0.25) is 5.02 Å². The van der Waals surface area contributed by atoms with E-state index in [1.807, 2.05) is 12.1 Å². The molecule has 0 spiro atoms. The van der Waals surface area contributed by atoms with Gasteiger partial charge in [0.2, 0.25) is 5.91 Å². The second-order valence-corrected chi connectivity index (χ2v) is 7.74. The number of amides is 1. The Balaban J connectivity index is 1.55. The molecule has 1 fully saturated rings. The predicted octanol–water partition coefficient (Wildman–Crippen LogP) is 4.94. The Hall–Kier alpha value is -2.81. The van der Waals surface area contributed by atoms with Gasteiger partial charge in [-0.15, -0.1) is 0 Å². The van der Waals surface area contributed by atoms with E-state index < -0.39 is 22.4 Å². The van der Waals surface area contributed by atoms with E-state index in [1.165, 1.54) is 0 Å². The van der Waals surface area contributed by atoms with Crippen molar-refractivity contribution in [1.29, 1.82) is 0 Å². The van der Waals surface area contributed by atoms with E-state index in [9.17, 15) is 28.1 Å². The summed E-state index contributed by atoms with van der Waals surface area (Å²) in [7, 11) is 0. The zero-order valence-electron chi connectivity index (χ0n) is 16.6. The zero-order chi connectivity index (χ0) is 22.6. The topological polar surface area (TPSA) is 66.7 Å². The summed E-state index contributed by atoms with van der Waals surface area (Å²) in [6, 6.07) is 9.98. The minimum absolute atomic E-state index is 0.00414. The molecule has 1 amide bonds. The maximum Gasteiger partial charge on any atom is 0.416 e. The lowest BCUT2D eigenvalue weighted by molar-refractivity contribution is -0.384. The fourth-order valence-electron chi connectivity index (χ4n) is 3.56. The third-order valence-corrected chi connectivity index (χ3v) is 5.49. The van der Waals surface area contributed by atoms with Crippen LogP contribution in [0.1, 0.15) is 24.0 Å². The molecule has 1 heterocycles. The number of hydrogen-bond acceptors (Lipinski definition) is 4. The number of nitrogens with zero attached hydrogens (tertiary/aromatic N) is 3. The van der Waals surface area contributed by atoms with Gasteiger partial charge in [-0.25, -0.2) is 0 Å². The third-order valence-electron chi connectivity index (χ3n) is 5.24. The van der Waals surface area contributed by atoms with Gasteiger partial charge in [-0.1, -0.05) is 23.7 Å². The molecule has 10 heteroatoms. The molecule has 166 valence electrons. The van der Waals surface area contributed by atoms with Crippen molar-refractivity contribution in [3.8, 4) is 0 Å². The average Bonchev–Trinajstić information content (AvgIpc) is 2.74. The molecule has 0 aliphatic carbocycles. The maximum absolute atomic E-state index is 12.9. The van der Waals surface area contributed by atoms with Crippen LogP contribution >= 0.6 is 11.6 Å². The van der Waals surface area contributed by atoms with E-state index in [0.29, 0.717) is 50.1 Å². The number of halogens is 4. The van der Waals surface area contributed by atoms with E-state index in [1.54, 1.807) is 21.9 Å². The van der Waals surface area contributed by atoms with Gasteiger partial charge in [0.15, 0.2) is 0 Å². The van der Waals surface area contributed by atoms with Crippen molar-refractivity contribution >= 4 is 28.9 Å². The number of alkyl halides is 3. The molecule has 1 aliphatic heterocycles. The first kappa shape index (κ1) is 22.9. The van der Waals surface area contributed by atoms with Gasteiger partial charge in [0.05, 0.1) is 10.5 Å². The molecule has 2 aromatic carbocycles. The van der Waals surface area contributed by atoms with Crippen LogP contribution in [0.4, 0.5) is 24.5 Å². The maximum atomic E-state index is 12.9. The molecule has 0 radical (unpaired) electrons. The molecular weight excluding hydrogens is 435 g/mol. The van der Waals surface area contributed by atoms with Gasteiger partial charge < -0.3 is 9.80 Å². The monoisotopic (exact) mass is 455 g/mol. The van der Waals surface area contributed by atoms with Crippen LogP contribution < -0.4 is 4.90 Å². The Bertz CT molecular complexity index is 943. The van der Waals surface area contributed by atoms with Crippen LogP contribution in [0.3, 0.4) is 0 Å². The molecule has 0 N–H and O–H groups in total. The Labute approximate surface area is 182 Å². The highest BCUT2D eigenvalue weighted by atomic mass is 35.5. The van der Waals surface area contributed by atoms with E-state index in [4.69, 9.17) is 11.6 Å². The summed E-state index contributed by atoms with van der Waals surface area (Å²) in [6.45, 7) is 1.35. The summed E-state index contributed by atoms with van der Waals surface area (Å²) in [5.74, 6) is -0.00414. The zero-order valence-corrected chi connectivity index (χ0v) is 17.3. The quantitative estimate of drug-likeness (QED) is 0.457. The minimum Gasteiger partial charge on any atom is -0.362 e. The van der Waals surface area contributed by atoms with Gasteiger partial charge in [0, 0.05) is 43.7 Å². The van der Waals surface area contributed by atoms with Crippen molar-refractivity contribution in [2.24, 2.45) is 0 Å². The molecule has 3 rings (SSSR count). The Morgan fingerprint density at radius 1 is 1.06 bits per heavy atom. The highest BCUT2D eigenvalue weighted by Gasteiger charge is 2.34. The summed E-state index contributed by atoms with van der Waals surface area (Å²) < 4.78 is 38.7. The van der Waals surface area contributed by atoms with E-state index in [2.05, 4.69) is 0 Å². The van der Waals surface area contributed by atoms with Crippen molar-refractivity contribution in [2.75, 3.05) is 31.1 Å². The number of nitro groups is 1. The Morgan fingerprint density at radius 3 is 2.29 bits per heavy atom. The number of benzene rings is 2. The first-order chi connectivity index (χ1) is 14.6. The first-order valence-electron chi connectivity index (χ1n) is 9.78. The van der Waals surface area contributed by atoms with Gasteiger partial charge in [-0.3, -0.25) is 14.9 Å². The van der Waals surface area contributed by atoms with Crippen LogP contribution in [-0.4, -0.2) is 41.9 Å². The molecule has 0 atom stereocenters. The molecule has 0 saturated carbocycles. The number of piperazine rings is 1. The lowest BCUT2D eigenvalue weighted by atomic mass is 10.1. The summed E-state index contributed by atoms with van der Waals surface area (Å²) in [6.07, 6.45) is -2.84. The van der Waals surface area contributed by atoms with Gasteiger partial charge >= 0.3 is 6.18 Å². The molecule has 1 aliphatic rings.